The van der Waals surface area contributed by atoms with E-state index in [2.05, 4.69) is 17.6 Å². The zero-order valence-electron chi connectivity index (χ0n) is 12.6. The highest BCUT2D eigenvalue weighted by Gasteiger charge is 2.39. The van der Waals surface area contributed by atoms with Gasteiger partial charge in [-0.15, -0.1) is 0 Å². The van der Waals surface area contributed by atoms with Crippen molar-refractivity contribution in [2.75, 3.05) is 0 Å². The van der Waals surface area contributed by atoms with E-state index in [0.29, 0.717) is 5.56 Å². The number of fused-ring (bicyclic) bond motifs is 1. The Kier molecular flexibility index (Phi) is 3.47. The Morgan fingerprint density at radius 3 is 2.55 bits per heavy atom. The van der Waals surface area contributed by atoms with Gasteiger partial charge in [0.1, 0.15) is 0 Å². The van der Waals surface area contributed by atoms with Crippen molar-refractivity contribution in [3.05, 3.63) is 34.4 Å². The topological polar surface area (TPSA) is 41.1 Å². The zero-order valence-corrected chi connectivity index (χ0v) is 12.6. The van der Waals surface area contributed by atoms with Gasteiger partial charge in [0.2, 0.25) is 0 Å². The second-order valence-corrected chi connectivity index (χ2v) is 6.56. The van der Waals surface area contributed by atoms with Gasteiger partial charge in [0.25, 0.3) is 5.91 Å². The van der Waals surface area contributed by atoms with E-state index in [1.807, 2.05) is 6.92 Å². The van der Waals surface area contributed by atoms with Crippen molar-refractivity contribution < 1.29 is 18.0 Å². The number of carbonyl (C=O) groups is 1. The molecule has 1 aromatic carbocycles. The summed E-state index contributed by atoms with van der Waals surface area (Å²) in [4.78, 5) is 11.8. The fourth-order valence-electron chi connectivity index (χ4n) is 3.31. The third-order valence-corrected chi connectivity index (χ3v) is 4.77. The zero-order chi connectivity index (χ0) is 16.1. The molecule has 0 aromatic heterocycles. The van der Waals surface area contributed by atoms with Gasteiger partial charge in [-0.2, -0.15) is 13.2 Å². The minimum atomic E-state index is -4.45. The Bertz CT molecular complexity index is 621. The number of amides is 1. The minimum absolute atomic E-state index is 0.0148. The molecule has 0 spiro atoms. The number of carbonyl (C=O) groups excluding carboxylic acids is 1. The molecule has 0 saturated heterocycles. The fraction of sp³-hybridized carbons (Fsp3) is 0.562. The van der Waals surface area contributed by atoms with Crippen LogP contribution in [0.25, 0.3) is 0 Å². The van der Waals surface area contributed by atoms with E-state index < -0.39 is 17.6 Å². The van der Waals surface area contributed by atoms with Gasteiger partial charge in [0.05, 0.1) is 5.56 Å². The van der Waals surface area contributed by atoms with Gasteiger partial charge in [0.15, 0.2) is 0 Å². The van der Waals surface area contributed by atoms with Crippen LogP contribution in [0.2, 0.25) is 0 Å². The average Bonchev–Trinajstić information content (AvgIpc) is 2.76. The molecule has 1 aromatic rings. The lowest BCUT2D eigenvalue weighted by molar-refractivity contribution is -0.138. The summed E-state index contributed by atoms with van der Waals surface area (Å²) in [5.41, 5.74) is 0.00146. The first-order valence-electron chi connectivity index (χ1n) is 7.49. The summed E-state index contributed by atoms with van der Waals surface area (Å²) in [6.07, 6.45) is -1.27. The van der Waals surface area contributed by atoms with Crippen LogP contribution in [0.3, 0.4) is 0 Å². The number of nitrogens with one attached hydrogen (secondary N) is 2. The molecule has 0 bridgehead atoms. The summed E-state index contributed by atoms with van der Waals surface area (Å²) < 4.78 is 39.8. The Balaban J connectivity index is 1.98. The lowest BCUT2D eigenvalue weighted by Gasteiger charge is -2.42. The van der Waals surface area contributed by atoms with Crippen LogP contribution >= 0.6 is 0 Å². The smallest absolute Gasteiger partial charge is 0.348 e. The normalized spacial score (nSPS) is 21.0. The van der Waals surface area contributed by atoms with E-state index >= 15 is 0 Å². The molecule has 22 heavy (non-hydrogen) atoms. The third-order valence-electron chi connectivity index (χ3n) is 4.77. The van der Waals surface area contributed by atoms with Crippen LogP contribution < -0.4 is 10.6 Å². The quantitative estimate of drug-likeness (QED) is 0.896. The second-order valence-electron chi connectivity index (χ2n) is 6.56. The van der Waals surface area contributed by atoms with Crippen LogP contribution in [0.15, 0.2) is 12.1 Å². The molecule has 0 radical (unpaired) electrons. The lowest BCUT2D eigenvalue weighted by atomic mass is 9.77. The van der Waals surface area contributed by atoms with Gasteiger partial charge in [-0.25, -0.2) is 0 Å². The van der Waals surface area contributed by atoms with Gasteiger partial charge in [0, 0.05) is 23.7 Å². The highest BCUT2D eigenvalue weighted by atomic mass is 19.4. The predicted molar refractivity (Wildman–Crippen MR) is 76.4 cm³/mol. The first kappa shape index (κ1) is 15.3. The van der Waals surface area contributed by atoms with E-state index in [-0.39, 0.29) is 29.3 Å². The number of rotatable bonds is 3. The highest BCUT2D eigenvalue weighted by Crippen LogP contribution is 2.38. The van der Waals surface area contributed by atoms with Gasteiger partial charge in [-0.1, -0.05) is 0 Å². The highest BCUT2D eigenvalue weighted by molar-refractivity contribution is 5.99. The van der Waals surface area contributed by atoms with Crippen molar-refractivity contribution in [3.63, 3.8) is 0 Å². The van der Waals surface area contributed by atoms with Crippen LogP contribution in [0.5, 0.6) is 0 Å². The van der Waals surface area contributed by atoms with Gasteiger partial charge in [-0.3, -0.25) is 4.79 Å². The molecule has 3 nitrogen and oxygen atoms in total. The van der Waals surface area contributed by atoms with E-state index in [9.17, 15) is 18.0 Å². The van der Waals surface area contributed by atoms with Crippen molar-refractivity contribution in [2.45, 2.75) is 57.4 Å². The summed E-state index contributed by atoms with van der Waals surface area (Å²) >= 11 is 0. The molecule has 1 amide bonds. The fourth-order valence-corrected chi connectivity index (χ4v) is 3.31. The number of hydrogen-bond acceptors (Lipinski definition) is 2. The molecule has 120 valence electrons. The summed E-state index contributed by atoms with van der Waals surface area (Å²) in [7, 11) is 0. The van der Waals surface area contributed by atoms with Crippen LogP contribution in [-0.4, -0.2) is 11.4 Å². The summed E-state index contributed by atoms with van der Waals surface area (Å²) in [5, 5.41) is 5.87. The maximum absolute atomic E-state index is 13.3. The Morgan fingerprint density at radius 2 is 2.00 bits per heavy atom. The maximum Gasteiger partial charge on any atom is 0.416 e. The Labute approximate surface area is 127 Å². The van der Waals surface area contributed by atoms with E-state index in [0.717, 1.165) is 19.3 Å². The minimum Gasteiger partial charge on any atom is -0.348 e. The number of alkyl halides is 3. The molecule has 2 N–H and O–H groups in total. The van der Waals surface area contributed by atoms with E-state index in [1.54, 1.807) is 6.07 Å². The van der Waals surface area contributed by atoms with Gasteiger partial charge < -0.3 is 10.6 Å². The van der Waals surface area contributed by atoms with Crippen LogP contribution in [-0.2, 0) is 12.7 Å². The first-order valence-corrected chi connectivity index (χ1v) is 7.49. The van der Waals surface area contributed by atoms with Gasteiger partial charge in [-0.05, 0) is 56.4 Å². The second kappa shape index (κ2) is 4.98. The van der Waals surface area contributed by atoms with Crippen molar-refractivity contribution in [1.29, 1.82) is 0 Å². The van der Waals surface area contributed by atoms with E-state index in [4.69, 9.17) is 0 Å². The standard InChI is InChI=1S/C16H19F3N2O/c1-9(21-15(2)4-3-5-15)10-6-11-12(8-20-14(11)22)13(7-10)16(17,18)19/h6-7,9,21H,3-5,8H2,1-2H3,(H,20,22)/t9-/m1/s1. The molecule has 0 unspecified atom stereocenters. The van der Waals surface area contributed by atoms with Crippen molar-refractivity contribution in [2.24, 2.45) is 0 Å². The molecule has 6 heteroatoms. The van der Waals surface area contributed by atoms with Crippen LogP contribution in [0, 0.1) is 0 Å². The molecule has 2 aliphatic rings. The Hall–Kier alpha value is -1.56. The Morgan fingerprint density at radius 1 is 1.32 bits per heavy atom. The average molecular weight is 312 g/mol. The molecule has 1 heterocycles. The van der Waals surface area contributed by atoms with Crippen LogP contribution in [0.4, 0.5) is 13.2 Å². The van der Waals surface area contributed by atoms with Crippen molar-refractivity contribution in [3.8, 4) is 0 Å². The van der Waals surface area contributed by atoms with E-state index in [1.165, 1.54) is 6.07 Å². The number of halogens is 3. The third kappa shape index (κ3) is 2.60. The molecule has 1 atom stereocenters. The number of benzene rings is 1. The number of hydrogen-bond donors (Lipinski definition) is 2. The summed E-state index contributed by atoms with van der Waals surface area (Å²) in [5.74, 6) is -0.426. The molecular formula is C16H19F3N2O. The summed E-state index contributed by atoms with van der Waals surface area (Å²) in [6.45, 7) is 3.87. The molecule has 1 fully saturated rings. The molecule has 3 rings (SSSR count). The first-order chi connectivity index (χ1) is 10.2. The summed E-state index contributed by atoms with van der Waals surface area (Å²) in [6, 6.07) is 2.54. The van der Waals surface area contributed by atoms with Gasteiger partial charge >= 0.3 is 6.18 Å². The predicted octanol–water partition coefficient (Wildman–Crippen LogP) is 3.54. The molecule has 1 aliphatic carbocycles. The largest absolute Gasteiger partial charge is 0.416 e. The van der Waals surface area contributed by atoms with Crippen LogP contribution in [0.1, 0.15) is 66.2 Å². The maximum atomic E-state index is 13.3. The molecular weight excluding hydrogens is 293 g/mol. The monoisotopic (exact) mass is 312 g/mol. The van der Waals surface area contributed by atoms with Crippen molar-refractivity contribution >= 4 is 5.91 Å². The van der Waals surface area contributed by atoms with Crippen molar-refractivity contribution in [1.82, 2.24) is 10.6 Å². The molecule has 1 aliphatic heterocycles. The molecule has 1 saturated carbocycles. The SMILES string of the molecule is C[C@@H](NC1(C)CCC1)c1cc2c(c(C(F)(F)F)c1)CNC2=O. The lowest BCUT2D eigenvalue weighted by Crippen LogP contribution is -2.49.